The van der Waals surface area contributed by atoms with Crippen molar-refractivity contribution < 1.29 is 33.1 Å². The molecular formula is C4H12O7P2S2. The van der Waals surface area contributed by atoms with Crippen molar-refractivity contribution in [2.75, 3.05) is 6.61 Å². The van der Waals surface area contributed by atoms with Crippen LogP contribution in [0.2, 0.25) is 0 Å². The van der Waals surface area contributed by atoms with Gasteiger partial charge < -0.3 is 14.9 Å². The number of aliphatic hydroxyl groups is 1. The monoisotopic (exact) mass is 298 g/mol. The van der Waals surface area contributed by atoms with E-state index in [2.05, 4.69) is 33.5 Å². The Bertz CT molecular complexity index is 285. The third-order valence-corrected chi connectivity index (χ3v) is 2.98. The van der Waals surface area contributed by atoms with Gasteiger partial charge in [-0.1, -0.05) is 24.5 Å². The van der Waals surface area contributed by atoms with Crippen LogP contribution in [0.5, 0.6) is 0 Å². The van der Waals surface area contributed by atoms with Crippen LogP contribution in [-0.2, 0) is 18.2 Å². The van der Waals surface area contributed by atoms with Crippen LogP contribution in [0.25, 0.3) is 0 Å². The number of thiol groups is 2. The Morgan fingerprint density at radius 3 is 2.07 bits per heavy atom. The molecule has 0 aliphatic heterocycles. The third-order valence-electron chi connectivity index (χ3n) is 1.26. The minimum absolute atomic E-state index is 0.549. The fourth-order valence-electron chi connectivity index (χ4n) is 0.596. The summed E-state index contributed by atoms with van der Waals surface area (Å²) in [6.07, 6.45) is -2.41. The maximum Gasteiger partial charge on any atom is 0.383 e. The second kappa shape index (κ2) is 6.05. The van der Waals surface area contributed by atoms with Gasteiger partial charge in [0.25, 0.3) is 0 Å². The first-order valence-electron chi connectivity index (χ1n) is 3.63. The fraction of sp³-hybridized carbons (Fsp3) is 1.00. The zero-order chi connectivity index (χ0) is 12.3. The average molecular weight is 298 g/mol. The van der Waals surface area contributed by atoms with Crippen LogP contribution in [0.4, 0.5) is 0 Å². The number of hydrogen-bond acceptors (Lipinski definition) is 5. The van der Waals surface area contributed by atoms with Gasteiger partial charge in [0.2, 0.25) is 0 Å². The molecule has 0 saturated heterocycles. The molecule has 7 nitrogen and oxygen atoms in total. The lowest BCUT2D eigenvalue weighted by Crippen LogP contribution is -2.28. The lowest BCUT2D eigenvalue weighted by molar-refractivity contribution is 0.0120. The van der Waals surface area contributed by atoms with E-state index in [0.29, 0.717) is 0 Å². The Hall–Kier alpha value is 0.960. The van der Waals surface area contributed by atoms with E-state index in [1.54, 1.807) is 0 Å². The van der Waals surface area contributed by atoms with Crippen LogP contribution in [0.3, 0.4) is 0 Å². The first kappa shape index (κ1) is 16.0. The maximum atomic E-state index is 10.7. The second-order valence-corrected chi connectivity index (χ2v) is 8.12. The summed E-state index contributed by atoms with van der Waals surface area (Å²) in [5.74, 6) is 0. The van der Waals surface area contributed by atoms with Gasteiger partial charge in [0, 0.05) is 0 Å². The van der Waals surface area contributed by atoms with Gasteiger partial charge in [0.15, 0.2) is 0 Å². The molecule has 0 radical (unpaired) electrons. The Balaban J connectivity index is 4.06. The summed E-state index contributed by atoms with van der Waals surface area (Å²) in [5, 5.41) is 9.26. The zero-order valence-corrected chi connectivity index (χ0v) is 11.2. The molecule has 0 aromatic heterocycles. The molecule has 15 heavy (non-hydrogen) atoms. The smallest absolute Gasteiger partial charge is 0.383 e. The predicted molar refractivity (Wildman–Crippen MR) is 60.1 cm³/mol. The predicted octanol–water partition coefficient (Wildman–Crippen LogP) is 0.829. The van der Waals surface area contributed by atoms with E-state index >= 15 is 0 Å². The lowest BCUT2D eigenvalue weighted by Gasteiger charge is -2.20. The maximum absolute atomic E-state index is 10.7. The van der Waals surface area contributed by atoms with Crippen LogP contribution < -0.4 is 0 Å². The van der Waals surface area contributed by atoms with Gasteiger partial charge >= 0.3 is 13.6 Å². The molecular weight excluding hydrogens is 286 g/mol. The van der Waals surface area contributed by atoms with Crippen molar-refractivity contribution in [1.29, 1.82) is 0 Å². The molecule has 0 amide bonds. The largest absolute Gasteiger partial charge is 0.388 e. The average Bonchev–Trinajstić information content (AvgIpc) is 1.95. The van der Waals surface area contributed by atoms with Gasteiger partial charge in [0.05, 0.1) is 12.7 Å². The Morgan fingerprint density at radius 2 is 1.73 bits per heavy atom. The fourth-order valence-corrected chi connectivity index (χ4v) is 2.16. The molecule has 0 spiro atoms. The molecule has 0 aliphatic rings. The van der Waals surface area contributed by atoms with Crippen molar-refractivity contribution in [3.05, 3.63) is 0 Å². The van der Waals surface area contributed by atoms with E-state index in [9.17, 15) is 14.2 Å². The van der Waals surface area contributed by atoms with Crippen molar-refractivity contribution in [2.24, 2.45) is 0 Å². The summed E-state index contributed by atoms with van der Waals surface area (Å²) in [4.78, 5) is 17.3. The number of hydrogen-bond donors (Lipinski definition) is 5. The molecule has 0 aromatic rings. The van der Waals surface area contributed by atoms with Gasteiger partial charge in [-0.15, -0.1) is 0 Å². The van der Waals surface area contributed by atoms with Gasteiger partial charge in [-0.3, -0.25) is 9.05 Å². The standard InChI is InChI=1S/C4H12O7P2S2/c1-3(11-13(8,9)15)4(5)2-10-12(6,7)14/h3-5H,2H2,1H3,(H2,6,7,14)(H2,8,9,15). The quantitative estimate of drug-likeness (QED) is 0.364. The summed E-state index contributed by atoms with van der Waals surface area (Å²) in [5.41, 5.74) is 0. The van der Waals surface area contributed by atoms with Crippen LogP contribution in [0.1, 0.15) is 6.92 Å². The molecule has 0 aromatic carbocycles. The Morgan fingerprint density at radius 1 is 1.27 bits per heavy atom. The minimum atomic E-state index is -4.01. The summed E-state index contributed by atoms with van der Waals surface area (Å²) in [6.45, 7) is -7.26. The summed E-state index contributed by atoms with van der Waals surface area (Å²) < 4.78 is 29.9. The highest BCUT2D eigenvalue weighted by atomic mass is 32.7. The highest BCUT2D eigenvalue weighted by molar-refractivity contribution is 8.44. The van der Waals surface area contributed by atoms with E-state index in [1.807, 2.05) is 0 Å². The van der Waals surface area contributed by atoms with Gasteiger partial charge in [-0.05, 0) is 6.92 Å². The van der Waals surface area contributed by atoms with Crippen LogP contribution >= 0.6 is 38.1 Å². The van der Waals surface area contributed by atoms with E-state index in [1.165, 1.54) is 6.92 Å². The molecule has 0 bridgehead atoms. The Kier molecular flexibility index (Phi) is 6.43. The number of rotatable bonds is 6. The van der Waals surface area contributed by atoms with Crippen LogP contribution in [0, 0.1) is 0 Å². The molecule has 4 atom stereocenters. The first-order chi connectivity index (χ1) is 6.51. The van der Waals surface area contributed by atoms with Gasteiger partial charge in [-0.25, -0.2) is 9.13 Å². The number of aliphatic hydroxyl groups excluding tert-OH is 1. The summed E-state index contributed by atoms with van der Waals surface area (Å²) in [6, 6.07) is 0. The molecule has 0 saturated carbocycles. The van der Waals surface area contributed by atoms with Crippen molar-refractivity contribution in [2.45, 2.75) is 19.1 Å². The normalized spacial score (nSPS) is 23.9. The van der Waals surface area contributed by atoms with Crippen LogP contribution in [-0.4, -0.2) is 33.7 Å². The summed E-state index contributed by atoms with van der Waals surface area (Å²) >= 11 is 6.43. The van der Waals surface area contributed by atoms with E-state index in [4.69, 9.17) is 9.79 Å². The molecule has 92 valence electrons. The lowest BCUT2D eigenvalue weighted by atomic mass is 10.2. The topological polar surface area (TPSA) is 113 Å². The SMILES string of the molecule is CC(OP(=O)(O)S)C(O)COP(=O)(O)S. The van der Waals surface area contributed by atoms with Gasteiger partial charge in [-0.2, -0.15) is 0 Å². The third kappa shape index (κ3) is 9.86. The highest BCUT2D eigenvalue weighted by Gasteiger charge is 2.25. The molecule has 11 heteroatoms. The van der Waals surface area contributed by atoms with Crippen LogP contribution in [0.15, 0.2) is 0 Å². The highest BCUT2D eigenvalue weighted by Crippen LogP contribution is 2.49. The van der Waals surface area contributed by atoms with Crippen molar-refractivity contribution in [1.82, 2.24) is 0 Å². The molecule has 0 fully saturated rings. The molecule has 4 unspecified atom stereocenters. The minimum Gasteiger partial charge on any atom is -0.388 e. The van der Waals surface area contributed by atoms with E-state index in [-0.39, 0.29) is 0 Å². The molecule has 3 N–H and O–H groups in total. The summed E-state index contributed by atoms with van der Waals surface area (Å²) in [7, 11) is 0. The van der Waals surface area contributed by atoms with Gasteiger partial charge in [0.1, 0.15) is 6.10 Å². The molecule has 0 heterocycles. The molecule has 0 aliphatic carbocycles. The van der Waals surface area contributed by atoms with Crippen molar-refractivity contribution in [3.8, 4) is 0 Å². The zero-order valence-electron chi connectivity index (χ0n) is 7.63. The van der Waals surface area contributed by atoms with E-state index < -0.39 is 32.4 Å². The Labute approximate surface area is 97.2 Å². The van der Waals surface area contributed by atoms with E-state index in [0.717, 1.165) is 0 Å². The van der Waals surface area contributed by atoms with Crippen molar-refractivity contribution >= 4 is 38.1 Å². The molecule has 0 rings (SSSR count). The second-order valence-electron chi connectivity index (χ2n) is 2.65. The van der Waals surface area contributed by atoms with Crippen molar-refractivity contribution in [3.63, 3.8) is 0 Å². The first-order valence-corrected chi connectivity index (χ1v) is 9.09.